The van der Waals surface area contributed by atoms with Crippen molar-refractivity contribution in [3.63, 3.8) is 0 Å². The third kappa shape index (κ3) is 3.31. The third-order valence-electron chi connectivity index (χ3n) is 1.55. The van der Waals surface area contributed by atoms with Gasteiger partial charge < -0.3 is 5.32 Å². The average molecular weight is 213 g/mol. The monoisotopic (exact) mass is 213 g/mol. The zero-order valence-electron chi connectivity index (χ0n) is 8.37. The zero-order chi connectivity index (χ0) is 10.4. The van der Waals surface area contributed by atoms with Crippen LogP contribution in [0, 0.1) is 6.92 Å². The number of rotatable bonds is 3. The molecule has 1 aromatic heterocycles. The largest absolute Gasteiger partial charge is 0.356 e. The van der Waals surface area contributed by atoms with E-state index >= 15 is 0 Å². The van der Waals surface area contributed by atoms with Crippen molar-refractivity contribution in [3.05, 3.63) is 16.1 Å². The van der Waals surface area contributed by atoms with Crippen LogP contribution in [0.1, 0.15) is 17.6 Å². The van der Waals surface area contributed by atoms with E-state index in [1.807, 2.05) is 19.2 Å². The minimum absolute atomic E-state index is 0.552. The van der Waals surface area contributed by atoms with Gasteiger partial charge in [0, 0.05) is 11.9 Å². The number of hydrogen-bond donors (Lipinski definition) is 3. The smallest absolute Gasteiger partial charge is 0.206 e. The minimum Gasteiger partial charge on any atom is -0.356 e. The maximum Gasteiger partial charge on any atom is 0.206 e. The summed E-state index contributed by atoms with van der Waals surface area (Å²) in [6.07, 6.45) is 0. The summed E-state index contributed by atoms with van der Waals surface area (Å²) in [5.41, 5.74) is 3.47. The average Bonchev–Trinajstić information content (AvgIpc) is 2.59. The molecule has 0 saturated heterocycles. The van der Waals surface area contributed by atoms with Crippen molar-refractivity contribution in [1.82, 2.24) is 15.7 Å². The third-order valence-corrected chi connectivity index (χ3v) is 2.37. The molecular weight excluding hydrogens is 198 g/mol. The molecule has 1 aromatic rings. The Hall–Kier alpha value is -1.14. The van der Waals surface area contributed by atoms with E-state index in [0.717, 1.165) is 17.2 Å². The lowest BCUT2D eigenvalue weighted by Gasteiger charge is -2.05. The number of aromatic nitrogens is 1. The predicted octanol–water partition coefficient (Wildman–Crippen LogP) is 0.380. The van der Waals surface area contributed by atoms with E-state index in [1.54, 1.807) is 11.3 Å². The Balaban J connectivity index is 2.51. The van der Waals surface area contributed by atoms with Gasteiger partial charge in [-0.25, -0.2) is 15.8 Å². The Morgan fingerprint density at radius 1 is 1.71 bits per heavy atom. The molecule has 0 bridgehead atoms. The maximum atomic E-state index is 5.27. The van der Waals surface area contributed by atoms with Crippen LogP contribution in [0.4, 0.5) is 0 Å². The topological polar surface area (TPSA) is 75.3 Å². The number of aryl methyl sites for hydroxylation is 1. The molecule has 1 heterocycles. The number of guanidine groups is 1. The molecule has 0 spiro atoms. The van der Waals surface area contributed by atoms with Crippen LogP contribution in [-0.4, -0.2) is 17.5 Å². The van der Waals surface area contributed by atoms with Crippen LogP contribution in [-0.2, 0) is 6.54 Å². The number of nitrogens with one attached hydrogen (secondary N) is 2. The quantitative estimate of drug-likeness (QED) is 0.294. The minimum atomic E-state index is 0.552. The summed E-state index contributed by atoms with van der Waals surface area (Å²) in [4.78, 5) is 8.52. The van der Waals surface area contributed by atoms with Crippen LogP contribution < -0.4 is 16.6 Å². The van der Waals surface area contributed by atoms with Gasteiger partial charge in [-0.2, -0.15) is 0 Å². The first-order valence-corrected chi connectivity index (χ1v) is 5.30. The van der Waals surface area contributed by atoms with E-state index in [9.17, 15) is 0 Å². The van der Waals surface area contributed by atoms with Crippen LogP contribution in [0.3, 0.4) is 0 Å². The second kappa shape index (κ2) is 5.56. The van der Waals surface area contributed by atoms with Gasteiger partial charge in [0.05, 0.1) is 17.2 Å². The highest BCUT2D eigenvalue weighted by Crippen LogP contribution is 2.08. The maximum absolute atomic E-state index is 5.27. The fourth-order valence-electron chi connectivity index (χ4n) is 0.961. The SMILES string of the molecule is CCNC(=NCc1csc(C)n1)NN. The van der Waals surface area contributed by atoms with Crippen LogP contribution in [0.2, 0.25) is 0 Å². The second-order valence-corrected chi connectivity index (χ2v) is 3.76. The molecule has 0 aliphatic rings. The standard InChI is InChI=1S/C8H15N5S/c1-3-10-8(13-9)11-4-7-5-14-6(2)12-7/h5H,3-4,9H2,1-2H3,(H2,10,11,13). The van der Waals surface area contributed by atoms with Gasteiger partial charge in [0.15, 0.2) is 0 Å². The molecule has 0 aliphatic heterocycles. The van der Waals surface area contributed by atoms with Gasteiger partial charge >= 0.3 is 0 Å². The number of nitrogens with zero attached hydrogens (tertiary/aromatic N) is 2. The summed E-state index contributed by atoms with van der Waals surface area (Å²) >= 11 is 1.62. The molecule has 0 aromatic carbocycles. The molecule has 0 atom stereocenters. The summed E-state index contributed by atoms with van der Waals surface area (Å²) in [6.45, 7) is 5.31. The molecule has 0 fully saturated rings. The van der Waals surface area contributed by atoms with Crippen molar-refractivity contribution in [3.8, 4) is 0 Å². The lowest BCUT2D eigenvalue weighted by molar-refractivity contribution is 0.846. The van der Waals surface area contributed by atoms with E-state index in [0.29, 0.717) is 12.5 Å². The highest BCUT2D eigenvalue weighted by molar-refractivity contribution is 7.09. The molecule has 1 rings (SSSR count). The molecular formula is C8H15N5S. The number of thiazole rings is 1. The second-order valence-electron chi connectivity index (χ2n) is 2.70. The highest BCUT2D eigenvalue weighted by Gasteiger charge is 1.97. The summed E-state index contributed by atoms with van der Waals surface area (Å²) in [5.74, 6) is 5.86. The highest BCUT2D eigenvalue weighted by atomic mass is 32.1. The summed E-state index contributed by atoms with van der Waals surface area (Å²) in [5, 5.41) is 6.05. The molecule has 0 radical (unpaired) electrons. The summed E-state index contributed by atoms with van der Waals surface area (Å²) in [7, 11) is 0. The van der Waals surface area contributed by atoms with E-state index in [2.05, 4.69) is 20.7 Å². The Morgan fingerprint density at radius 2 is 2.50 bits per heavy atom. The lowest BCUT2D eigenvalue weighted by atomic mass is 10.5. The van der Waals surface area contributed by atoms with Gasteiger partial charge in [-0.1, -0.05) is 0 Å². The Morgan fingerprint density at radius 3 is 3.00 bits per heavy atom. The predicted molar refractivity (Wildman–Crippen MR) is 59.0 cm³/mol. The number of hydrogen-bond acceptors (Lipinski definition) is 4. The number of hydrazine groups is 1. The fraction of sp³-hybridized carbons (Fsp3) is 0.500. The van der Waals surface area contributed by atoms with Crippen LogP contribution in [0.25, 0.3) is 0 Å². The molecule has 4 N–H and O–H groups in total. The first-order valence-electron chi connectivity index (χ1n) is 4.42. The lowest BCUT2D eigenvalue weighted by Crippen LogP contribution is -2.41. The Bertz CT molecular complexity index is 306. The first kappa shape index (κ1) is 10.9. The van der Waals surface area contributed by atoms with E-state index in [1.165, 1.54) is 0 Å². The zero-order valence-corrected chi connectivity index (χ0v) is 9.19. The molecule has 0 aliphatic carbocycles. The molecule has 6 heteroatoms. The number of nitrogens with two attached hydrogens (primary N) is 1. The fourth-order valence-corrected chi connectivity index (χ4v) is 1.56. The Labute approximate surface area is 87.4 Å². The molecule has 78 valence electrons. The van der Waals surface area contributed by atoms with Gasteiger partial charge in [-0.05, 0) is 13.8 Å². The first-order chi connectivity index (χ1) is 6.76. The van der Waals surface area contributed by atoms with E-state index in [-0.39, 0.29) is 0 Å². The summed E-state index contributed by atoms with van der Waals surface area (Å²) < 4.78 is 0. The van der Waals surface area contributed by atoms with E-state index in [4.69, 9.17) is 5.84 Å². The van der Waals surface area contributed by atoms with E-state index < -0.39 is 0 Å². The van der Waals surface area contributed by atoms with Crippen molar-refractivity contribution in [1.29, 1.82) is 0 Å². The van der Waals surface area contributed by atoms with Crippen molar-refractivity contribution < 1.29 is 0 Å². The van der Waals surface area contributed by atoms with Crippen molar-refractivity contribution >= 4 is 17.3 Å². The van der Waals surface area contributed by atoms with Crippen molar-refractivity contribution in [2.24, 2.45) is 10.8 Å². The van der Waals surface area contributed by atoms with Crippen LogP contribution >= 0.6 is 11.3 Å². The molecule has 0 unspecified atom stereocenters. The number of aliphatic imine (C=N–C) groups is 1. The molecule has 14 heavy (non-hydrogen) atoms. The van der Waals surface area contributed by atoms with Gasteiger partial charge in [0.25, 0.3) is 0 Å². The van der Waals surface area contributed by atoms with Gasteiger partial charge in [-0.3, -0.25) is 5.43 Å². The Kier molecular flexibility index (Phi) is 4.34. The molecule has 0 amide bonds. The van der Waals surface area contributed by atoms with Crippen LogP contribution in [0.15, 0.2) is 10.4 Å². The van der Waals surface area contributed by atoms with Gasteiger partial charge in [-0.15, -0.1) is 11.3 Å². The van der Waals surface area contributed by atoms with Crippen molar-refractivity contribution in [2.75, 3.05) is 6.54 Å². The summed E-state index contributed by atoms with van der Waals surface area (Å²) in [6, 6.07) is 0. The van der Waals surface area contributed by atoms with Gasteiger partial charge in [0.1, 0.15) is 0 Å². The van der Waals surface area contributed by atoms with Crippen LogP contribution in [0.5, 0.6) is 0 Å². The van der Waals surface area contributed by atoms with Crippen molar-refractivity contribution in [2.45, 2.75) is 20.4 Å². The van der Waals surface area contributed by atoms with Gasteiger partial charge in [0.2, 0.25) is 5.96 Å². The molecule has 5 nitrogen and oxygen atoms in total. The molecule has 0 saturated carbocycles. The normalized spacial score (nSPS) is 11.5.